The Balaban J connectivity index is 1.78. The van der Waals surface area contributed by atoms with Gasteiger partial charge in [-0.3, -0.25) is 18.7 Å². The molecule has 3 aromatic rings. The van der Waals surface area contributed by atoms with Crippen LogP contribution in [0.2, 0.25) is 0 Å². The van der Waals surface area contributed by atoms with Crippen molar-refractivity contribution < 1.29 is 4.79 Å². The maximum atomic E-state index is 13.1. The number of anilines is 2. The van der Waals surface area contributed by atoms with Crippen LogP contribution in [0.4, 0.5) is 10.8 Å². The maximum Gasteiger partial charge on any atom is 0.333 e. The van der Waals surface area contributed by atoms with Crippen LogP contribution in [0.1, 0.15) is 39.2 Å². The van der Waals surface area contributed by atoms with E-state index in [9.17, 15) is 14.4 Å². The molecule has 2 aromatic heterocycles. The van der Waals surface area contributed by atoms with Gasteiger partial charge >= 0.3 is 5.69 Å². The van der Waals surface area contributed by atoms with Gasteiger partial charge in [-0.05, 0) is 45.2 Å². The minimum atomic E-state index is -0.513. The lowest BCUT2D eigenvalue weighted by molar-refractivity contribution is -0.116. The number of carbonyl (C=O) groups is 1. The summed E-state index contributed by atoms with van der Waals surface area (Å²) in [7, 11) is 0. The van der Waals surface area contributed by atoms with Gasteiger partial charge in [0.2, 0.25) is 5.91 Å². The fourth-order valence-corrected chi connectivity index (χ4v) is 4.78. The summed E-state index contributed by atoms with van der Waals surface area (Å²) in [4.78, 5) is 45.6. The second-order valence-corrected chi connectivity index (χ2v) is 8.73. The van der Waals surface area contributed by atoms with Crippen LogP contribution in [-0.2, 0) is 11.3 Å². The highest BCUT2D eigenvalue weighted by atomic mass is 32.1. The Kier molecular flexibility index (Phi) is 5.72. The van der Waals surface area contributed by atoms with Crippen LogP contribution in [0.25, 0.3) is 10.3 Å². The molecule has 0 aliphatic carbocycles. The molecule has 1 amide bonds. The number of nitrogens with zero attached hydrogens (tertiary/aromatic N) is 4. The van der Waals surface area contributed by atoms with Crippen LogP contribution in [0.15, 0.2) is 39.9 Å². The third-order valence-corrected chi connectivity index (χ3v) is 6.30. The zero-order valence-electron chi connectivity index (χ0n) is 17.1. The number of amides is 1. The molecule has 1 aliphatic heterocycles. The predicted molar refractivity (Wildman–Crippen MR) is 120 cm³/mol. The number of fused-ring (bicyclic) bond motifs is 1. The standard InChI is InChI=1S/C21H25N5O3S/c1-14(2)26-19(28)17-18(23-20(30-17)24-11-7-4-8-12-24)25(21(26)29)13-16(27)22-15-9-5-3-6-10-15/h3,5-6,9-10,14H,4,7-8,11-13H2,1-2H3,(H,22,27). The number of nitrogens with one attached hydrogen (secondary N) is 1. The number of rotatable bonds is 5. The number of piperidine rings is 1. The number of hydrogen-bond acceptors (Lipinski definition) is 6. The molecule has 1 aliphatic rings. The molecule has 158 valence electrons. The number of benzene rings is 1. The summed E-state index contributed by atoms with van der Waals surface area (Å²) in [5.41, 5.74) is 0.0821. The van der Waals surface area contributed by atoms with Gasteiger partial charge in [-0.25, -0.2) is 9.78 Å². The van der Waals surface area contributed by atoms with Crippen LogP contribution in [-0.4, -0.2) is 33.1 Å². The lowest BCUT2D eigenvalue weighted by atomic mass is 10.1. The van der Waals surface area contributed by atoms with Gasteiger partial charge in [-0.1, -0.05) is 29.5 Å². The Labute approximate surface area is 177 Å². The molecular formula is C21H25N5O3S. The summed E-state index contributed by atoms with van der Waals surface area (Å²) in [6.07, 6.45) is 3.35. The first-order valence-corrected chi connectivity index (χ1v) is 11.0. The lowest BCUT2D eigenvalue weighted by Crippen LogP contribution is -2.42. The Morgan fingerprint density at radius 2 is 1.83 bits per heavy atom. The van der Waals surface area contributed by atoms with Crippen molar-refractivity contribution in [3.05, 3.63) is 51.2 Å². The van der Waals surface area contributed by atoms with Crippen molar-refractivity contribution >= 4 is 38.4 Å². The van der Waals surface area contributed by atoms with E-state index in [4.69, 9.17) is 0 Å². The molecule has 1 fully saturated rings. The molecule has 3 heterocycles. The number of hydrogen-bond donors (Lipinski definition) is 1. The van der Waals surface area contributed by atoms with Gasteiger partial charge in [-0.15, -0.1) is 0 Å². The molecule has 0 saturated carbocycles. The van der Waals surface area contributed by atoms with Gasteiger partial charge in [0.05, 0.1) is 0 Å². The molecule has 30 heavy (non-hydrogen) atoms. The van der Waals surface area contributed by atoms with Crippen LogP contribution in [0, 0.1) is 0 Å². The molecular weight excluding hydrogens is 402 g/mol. The molecule has 0 bridgehead atoms. The van der Waals surface area contributed by atoms with Gasteiger partial charge in [0, 0.05) is 24.8 Å². The van der Waals surface area contributed by atoms with Crippen molar-refractivity contribution in [1.82, 2.24) is 14.1 Å². The molecule has 0 spiro atoms. The number of carbonyl (C=O) groups excluding carboxylic acids is 1. The van der Waals surface area contributed by atoms with Crippen molar-refractivity contribution in [2.24, 2.45) is 0 Å². The molecule has 1 N–H and O–H groups in total. The fraction of sp³-hybridized carbons (Fsp3) is 0.429. The van der Waals surface area contributed by atoms with Crippen LogP contribution in [0.5, 0.6) is 0 Å². The molecule has 9 heteroatoms. The highest BCUT2D eigenvalue weighted by Crippen LogP contribution is 2.28. The minimum absolute atomic E-state index is 0.208. The topological polar surface area (TPSA) is 89.2 Å². The summed E-state index contributed by atoms with van der Waals surface area (Å²) < 4.78 is 2.94. The monoisotopic (exact) mass is 427 g/mol. The molecule has 1 aromatic carbocycles. The fourth-order valence-electron chi connectivity index (χ4n) is 3.72. The van der Waals surface area contributed by atoms with Crippen molar-refractivity contribution in [3.63, 3.8) is 0 Å². The molecule has 1 saturated heterocycles. The molecule has 0 radical (unpaired) electrons. The second-order valence-electron chi connectivity index (χ2n) is 7.75. The average molecular weight is 428 g/mol. The summed E-state index contributed by atoms with van der Waals surface area (Å²) in [5, 5.41) is 3.53. The first-order chi connectivity index (χ1) is 14.5. The molecule has 0 atom stereocenters. The van der Waals surface area contributed by atoms with Crippen molar-refractivity contribution in [1.29, 1.82) is 0 Å². The SMILES string of the molecule is CC(C)n1c(=O)c2sc(N3CCCCC3)nc2n(CC(=O)Nc2ccccc2)c1=O. The van der Waals surface area contributed by atoms with E-state index >= 15 is 0 Å². The van der Waals surface area contributed by atoms with Crippen molar-refractivity contribution in [2.75, 3.05) is 23.3 Å². The number of para-hydroxylation sites is 1. The van der Waals surface area contributed by atoms with Gasteiger partial charge in [-0.2, -0.15) is 0 Å². The third kappa shape index (κ3) is 3.89. The van der Waals surface area contributed by atoms with Crippen molar-refractivity contribution in [3.8, 4) is 0 Å². The largest absolute Gasteiger partial charge is 0.348 e. The first kappa shape index (κ1) is 20.3. The second kappa shape index (κ2) is 8.43. The highest BCUT2D eigenvalue weighted by Gasteiger charge is 2.23. The van der Waals surface area contributed by atoms with E-state index in [1.54, 1.807) is 26.0 Å². The minimum Gasteiger partial charge on any atom is -0.348 e. The van der Waals surface area contributed by atoms with Gasteiger partial charge < -0.3 is 10.2 Å². The van der Waals surface area contributed by atoms with E-state index in [-0.39, 0.29) is 29.7 Å². The summed E-state index contributed by atoms with van der Waals surface area (Å²) in [5.74, 6) is -0.342. The van der Waals surface area contributed by atoms with E-state index in [1.807, 2.05) is 18.2 Å². The van der Waals surface area contributed by atoms with Crippen LogP contribution < -0.4 is 21.5 Å². The number of aromatic nitrogens is 3. The third-order valence-electron chi connectivity index (χ3n) is 5.21. The summed E-state index contributed by atoms with van der Waals surface area (Å²) in [6, 6.07) is 8.75. The average Bonchev–Trinajstić information content (AvgIpc) is 3.18. The Bertz CT molecular complexity index is 1170. The quantitative estimate of drug-likeness (QED) is 0.676. The summed E-state index contributed by atoms with van der Waals surface area (Å²) in [6.45, 7) is 5.14. The molecule has 4 rings (SSSR count). The van der Waals surface area contributed by atoms with E-state index in [0.29, 0.717) is 10.4 Å². The van der Waals surface area contributed by atoms with E-state index in [1.165, 1.54) is 26.9 Å². The highest BCUT2D eigenvalue weighted by molar-refractivity contribution is 7.22. The predicted octanol–water partition coefficient (Wildman–Crippen LogP) is 2.83. The normalized spacial score (nSPS) is 14.4. The smallest absolute Gasteiger partial charge is 0.333 e. The Hall–Kier alpha value is -2.94. The first-order valence-electron chi connectivity index (χ1n) is 10.2. The van der Waals surface area contributed by atoms with Gasteiger partial charge in [0.15, 0.2) is 10.8 Å². The van der Waals surface area contributed by atoms with Crippen LogP contribution >= 0.6 is 11.3 Å². The maximum absolute atomic E-state index is 13.1. The van der Waals surface area contributed by atoms with E-state index in [0.717, 1.165) is 31.1 Å². The van der Waals surface area contributed by atoms with E-state index in [2.05, 4.69) is 15.2 Å². The van der Waals surface area contributed by atoms with E-state index < -0.39 is 5.69 Å². The van der Waals surface area contributed by atoms with Crippen LogP contribution in [0.3, 0.4) is 0 Å². The van der Waals surface area contributed by atoms with Gasteiger partial charge in [0.1, 0.15) is 11.2 Å². The van der Waals surface area contributed by atoms with Crippen molar-refractivity contribution in [2.45, 2.75) is 45.7 Å². The summed E-state index contributed by atoms with van der Waals surface area (Å²) >= 11 is 1.31. The lowest BCUT2D eigenvalue weighted by Gasteiger charge is -2.25. The Morgan fingerprint density at radius 1 is 1.13 bits per heavy atom. The molecule has 0 unspecified atom stereocenters. The zero-order valence-corrected chi connectivity index (χ0v) is 17.9. The zero-order chi connectivity index (χ0) is 21.3. The molecule has 8 nitrogen and oxygen atoms in total. The van der Waals surface area contributed by atoms with Gasteiger partial charge in [0.25, 0.3) is 5.56 Å². The Morgan fingerprint density at radius 3 is 2.50 bits per heavy atom. The number of thiazole rings is 1.